The fourth-order valence-corrected chi connectivity index (χ4v) is 1.62. The number of carboxylic acids is 1. The van der Waals surface area contributed by atoms with Gasteiger partial charge in [0.25, 0.3) is 0 Å². The van der Waals surface area contributed by atoms with Crippen LogP contribution in [0.2, 0.25) is 0 Å². The van der Waals surface area contributed by atoms with Gasteiger partial charge in [-0.3, -0.25) is 4.98 Å². The van der Waals surface area contributed by atoms with E-state index in [9.17, 15) is 18.0 Å². The van der Waals surface area contributed by atoms with Gasteiger partial charge in [0.1, 0.15) is 5.75 Å². The van der Waals surface area contributed by atoms with E-state index in [2.05, 4.69) is 9.72 Å². The maximum absolute atomic E-state index is 12.0. The van der Waals surface area contributed by atoms with Gasteiger partial charge in [-0.05, 0) is 36.4 Å². The van der Waals surface area contributed by atoms with Crippen molar-refractivity contribution < 1.29 is 27.8 Å². The molecule has 0 saturated carbocycles. The molecule has 0 radical (unpaired) electrons. The van der Waals surface area contributed by atoms with Gasteiger partial charge in [0, 0.05) is 11.8 Å². The van der Waals surface area contributed by atoms with Gasteiger partial charge >= 0.3 is 12.3 Å². The standard InChI is InChI=1S/C13H8F3NO3/c14-13(15,16)20-9-5-3-8(4-6-9)11-10(12(18)19)2-1-7-17-11/h1-7H,(H,18,19). The number of alkyl halides is 3. The number of nitrogens with zero attached hydrogens (tertiary/aromatic N) is 1. The van der Waals surface area contributed by atoms with E-state index in [0.29, 0.717) is 5.56 Å². The van der Waals surface area contributed by atoms with Crippen molar-refractivity contribution in [3.63, 3.8) is 0 Å². The topological polar surface area (TPSA) is 59.4 Å². The number of hydrogen-bond acceptors (Lipinski definition) is 3. The number of halogens is 3. The molecule has 0 aliphatic heterocycles. The first kappa shape index (κ1) is 13.9. The monoisotopic (exact) mass is 283 g/mol. The lowest BCUT2D eigenvalue weighted by Crippen LogP contribution is -2.16. The molecule has 0 bridgehead atoms. The van der Waals surface area contributed by atoms with Crippen LogP contribution in [0.1, 0.15) is 10.4 Å². The third-order valence-electron chi connectivity index (χ3n) is 2.40. The molecule has 2 rings (SSSR count). The van der Waals surface area contributed by atoms with Crippen molar-refractivity contribution in [3.8, 4) is 17.0 Å². The molecule has 0 amide bonds. The van der Waals surface area contributed by atoms with Gasteiger partial charge in [-0.15, -0.1) is 13.2 Å². The van der Waals surface area contributed by atoms with E-state index in [0.717, 1.165) is 12.1 Å². The van der Waals surface area contributed by atoms with E-state index >= 15 is 0 Å². The molecular formula is C13H8F3NO3. The molecule has 1 heterocycles. The molecule has 4 nitrogen and oxygen atoms in total. The van der Waals surface area contributed by atoms with Crippen molar-refractivity contribution in [3.05, 3.63) is 48.2 Å². The minimum absolute atomic E-state index is 0.0306. The Morgan fingerprint density at radius 2 is 1.80 bits per heavy atom. The van der Waals surface area contributed by atoms with Crippen LogP contribution in [0, 0.1) is 0 Å². The van der Waals surface area contributed by atoms with Gasteiger partial charge < -0.3 is 9.84 Å². The van der Waals surface area contributed by atoms with Gasteiger partial charge in [0.2, 0.25) is 0 Å². The van der Waals surface area contributed by atoms with E-state index in [1.54, 1.807) is 0 Å². The van der Waals surface area contributed by atoms with Crippen LogP contribution in [0.3, 0.4) is 0 Å². The summed E-state index contributed by atoms with van der Waals surface area (Å²) in [5.74, 6) is -1.54. The minimum Gasteiger partial charge on any atom is -0.478 e. The number of benzene rings is 1. The van der Waals surface area contributed by atoms with Gasteiger partial charge in [-0.25, -0.2) is 4.79 Å². The Kier molecular flexibility index (Phi) is 3.60. The molecule has 0 atom stereocenters. The van der Waals surface area contributed by atoms with Crippen LogP contribution in [0.25, 0.3) is 11.3 Å². The summed E-state index contributed by atoms with van der Waals surface area (Å²) in [6.07, 6.45) is -3.36. The first-order chi connectivity index (χ1) is 9.37. The lowest BCUT2D eigenvalue weighted by atomic mass is 10.1. The van der Waals surface area contributed by atoms with Crippen LogP contribution >= 0.6 is 0 Å². The molecule has 0 spiro atoms. The second-order valence-electron chi connectivity index (χ2n) is 3.78. The quantitative estimate of drug-likeness (QED) is 0.938. The fraction of sp³-hybridized carbons (Fsp3) is 0.0769. The summed E-state index contributed by atoms with van der Waals surface area (Å²) in [5, 5.41) is 9.02. The number of rotatable bonds is 3. The largest absolute Gasteiger partial charge is 0.573 e. The molecule has 1 aromatic heterocycles. The molecule has 0 aliphatic carbocycles. The lowest BCUT2D eigenvalue weighted by Gasteiger charge is -2.09. The lowest BCUT2D eigenvalue weighted by molar-refractivity contribution is -0.274. The number of ether oxygens (including phenoxy) is 1. The fourth-order valence-electron chi connectivity index (χ4n) is 1.62. The van der Waals surface area contributed by atoms with E-state index in [-0.39, 0.29) is 17.0 Å². The highest BCUT2D eigenvalue weighted by atomic mass is 19.4. The van der Waals surface area contributed by atoms with E-state index in [1.165, 1.54) is 30.5 Å². The summed E-state index contributed by atoms with van der Waals surface area (Å²) in [5.41, 5.74) is 0.535. The second kappa shape index (κ2) is 5.20. The van der Waals surface area contributed by atoms with E-state index in [1.807, 2.05) is 0 Å². The summed E-state index contributed by atoms with van der Waals surface area (Å²) >= 11 is 0. The summed E-state index contributed by atoms with van der Waals surface area (Å²) < 4.78 is 39.8. The van der Waals surface area contributed by atoms with Crippen LogP contribution in [0.4, 0.5) is 13.2 Å². The Morgan fingerprint density at radius 3 is 2.35 bits per heavy atom. The van der Waals surface area contributed by atoms with Crippen molar-refractivity contribution >= 4 is 5.97 Å². The Labute approximate surface area is 111 Å². The van der Waals surface area contributed by atoms with Crippen molar-refractivity contribution in [2.45, 2.75) is 6.36 Å². The predicted molar refractivity (Wildman–Crippen MR) is 63.3 cm³/mol. The molecule has 2 aromatic rings. The third kappa shape index (κ3) is 3.25. The van der Waals surface area contributed by atoms with Crippen molar-refractivity contribution in [2.24, 2.45) is 0 Å². The predicted octanol–water partition coefficient (Wildman–Crippen LogP) is 3.35. The smallest absolute Gasteiger partial charge is 0.478 e. The van der Waals surface area contributed by atoms with Crippen LogP contribution in [0.5, 0.6) is 5.75 Å². The molecule has 1 aromatic carbocycles. The number of aromatic nitrogens is 1. The zero-order valence-electron chi connectivity index (χ0n) is 9.89. The summed E-state index contributed by atoms with van der Waals surface area (Å²) in [7, 11) is 0. The molecule has 0 saturated heterocycles. The highest BCUT2D eigenvalue weighted by Crippen LogP contribution is 2.27. The molecule has 0 unspecified atom stereocenters. The Hall–Kier alpha value is -2.57. The van der Waals surface area contributed by atoms with Crippen LogP contribution in [-0.4, -0.2) is 22.4 Å². The van der Waals surface area contributed by atoms with E-state index < -0.39 is 12.3 Å². The van der Waals surface area contributed by atoms with Gasteiger partial charge in [-0.2, -0.15) is 0 Å². The molecule has 20 heavy (non-hydrogen) atoms. The number of carbonyl (C=O) groups is 1. The number of hydrogen-bond donors (Lipinski definition) is 1. The molecule has 0 fully saturated rings. The molecule has 0 aliphatic rings. The number of pyridine rings is 1. The maximum Gasteiger partial charge on any atom is 0.573 e. The van der Waals surface area contributed by atoms with Crippen molar-refractivity contribution in [2.75, 3.05) is 0 Å². The van der Waals surface area contributed by atoms with Crippen LogP contribution < -0.4 is 4.74 Å². The maximum atomic E-state index is 12.0. The van der Waals surface area contributed by atoms with E-state index in [4.69, 9.17) is 5.11 Å². The van der Waals surface area contributed by atoms with Gasteiger partial charge in [0.15, 0.2) is 0 Å². The second-order valence-corrected chi connectivity index (χ2v) is 3.78. The van der Waals surface area contributed by atoms with Crippen LogP contribution in [-0.2, 0) is 0 Å². The van der Waals surface area contributed by atoms with Crippen LogP contribution in [0.15, 0.2) is 42.6 Å². The first-order valence-electron chi connectivity index (χ1n) is 5.41. The number of aromatic carboxylic acids is 1. The summed E-state index contributed by atoms with van der Waals surface area (Å²) in [6, 6.07) is 7.66. The normalized spacial score (nSPS) is 11.2. The van der Waals surface area contributed by atoms with Gasteiger partial charge in [-0.1, -0.05) is 0 Å². The van der Waals surface area contributed by atoms with Crippen molar-refractivity contribution in [1.29, 1.82) is 0 Å². The SMILES string of the molecule is O=C(O)c1cccnc1-c1ccc(OC(F)(F)F)cc1. The third-order valence-corrected chi connectivity index (χ3v) is 2.40. The highest BCUT2D eigenvalue weighted by molar-refractivity contribution is 5.94. The molecule has 7 heteroatoms. The highest BCUT2D eigenvalue weighted by Gasteiger charge is 2.31. The molecule has 104 valence electrons. The minimum atomic E-state index is -4.77. The first-order valence-corrected chi connectivity index (χ1v) is 5.41. The average molecular weight is 283 g/mol. The zero-order valence-corrected chi connectivity index (χ0v) is 9.89. The Balaban J connectivity index is 2.33. The molecular weight excluding hydrogens is 275 g/mol. The Morgan fingerprint density at radius 1 is 1.15 bits per heavy atom. The Bertz CT molecular complexity index is 624. The molecule has 1 N–H and O–H groups in total. The number of carboxylic acid groups (broad SMARTS) is 1. The summed E-state index contributed by atoms with van der Waals surface area (Å²) in [6.45, 7) is 0. The van der Waals surface area contributed by atoms with Gasteiger partial charge in [0.05, 0.1) is 11.3 Å². The average Bonchev–Trinajstić information content (AvgIpc) is 2.38. The summed E-state index contributed by atoms with van der Waals surface area (Å²) in [4.78, 5) is 15.0. The van der Waals surface area contributed by atoms with Crippen molar-refractivity contribution in [1.82, 2.24) is 4.98 Å². The zero-order chi connectivity index (χ0) is 14.8.